The van der Waals surface area contributed by atoms with E-state index in [1.807, 2.05) is 27.1 Å². The van der Waals surface area contributed by atoms with Crippen molar-refractivity contribution in [3.05, 3.63) is 41.3 Å². The van der Waals surface area contributed by atoms with E-state index in [1.54, 1.807) is 23.0 Å². The first-order valence-corrected chi connectivity index (χ1v) is 5.73. The predicted molar refractivity (Wildman–Crippen MR) is 68.9 cm³/mol. The number of rotatable bonds is 3. The molecule has 5 nitrogen and oxygen atoms in total. The number of hydrogen-bond donors (Lipinski definition) is 1. The van der Waals surface area contributed by atoms with Crippen molar-refractivity contribution >= 4 is 5.82 Å². The van der Waals surface area contributed by atoms with Crippen LogP contribution in [-0.2, 0) is 7.05 Å². The molecule has 1 atom stereocenters. The minimum absolute atomic E-state index is 0.0562. The first-order chi connectivity index (χ1) is 8.61. The van der Waals surface area contributed by atoms with Gasteiger partial charge in [0.2, 0.25) is 0 Å². The second kappa shape index (κ2) is 4.88. The molecular formula is C13H15N5. The second-order valence-corrected chi connectivity index (χ2v) is 4.22. The van der Waals surface area contributed by atoms with Gasteiger partial charge >= 0.3 is 0 Å². The number of nitriles is 1. The number of pyridine rings is 1. The van der Waals surface area contributed by atoms with Crippen molar-refractivity contribution in [3.8, 4) is 6.07 Å². The molecule has 0 bridgehead atoms. The Hall–Kier alpha value is -2.35. The first kappa shape index (κ1) is 12.1. The van der Waals surface area contributed by atoms with Crippen molar-refractivity contribution < 1.29 is 0 Å². The molecule has 0 aromatic carbocycles. The van der Waals surface area contributed by atoms with Crippen LogP contribution < -0.4 is 5.32 Å². The van der Waals surface area contributed by atoms with Crippen LogP contribution in [0.2, 0.25) is 0 Å². The Kier molecular flexibility index (Phi) is 3.28. The summed E-state index contributed by atoms with van der Waals surface area (Å²) >= 11 is 0. The molecule has 0 spiro atoms. The van der Waals surface area contributed by atoms with Gasteiger partial charge in [-0.1, -0.05) is 0 Å². The van der Waals surface area contributed by atoms with E-state index in [4.69, 9.17) is 5.26 Å². The summed E-state index contributed by atoms with van der Waals surface area (Å²) in [4.78, 5) is 4.19. The topological polar surface area (TPSA) is 66.5 Å². The van der Waals surface area contributed by atoms with E-state index in [0.29, 0.717) is 11.4 Å². The Morgan fingerprint density at radius 1 is 1.50 bits per heavy atom. The molecule has 2 aromatic heterocycles. The monoisotopic (exact) mass is 241 g/mol. The van der Waals surface area contributed by atoms with Gasteiger partial charge in [0.1, 0.15) is 11.9 Å². The van der Waals surface area contributed by atoms with Crippen LogP contribution in [0.3, 0.4) is 0 Å². The van der Waals surface area contributed by atoms with E-state index >= 15 is 0 Å². The van der Waals surface area contributed by atoms with E-state index in [2.05, 4.69) is 21.5 Å². The fourth-order valence-electron chi connectivity index (χ4n) is 1.94. The number of nitrogens with zero attached hydrogens (tertiary/aromatic N) is 4. The average Bonchev–Trinajstić information content (AvgIpc) is 2.69. The van der Waals surface area contributed by atoms with Crippen LogP contribution >= 0.6 is 0 Å². The standard InChI is InChI=1S/C13H15N5/c1-9(12-8-18(3)17-10(12)2)16-13-11(7-14)5-4-6-15-13/h4-6,8-9H,1-3H3,(H,15,16)/t9-/m1/s1. The van der Waals surface area contributed by atoms with Gasteiger partial charge in [-0.3, -0.25) is 4.68 Å². The summed E-state index contributed by atoms with van der Waals surface area (Å²) in [5.41, 5.74) is 2.63. The van der Waals surface area contributed by atoms with Gasteiger partial charge in [-0.25, -0.2) is 4.98 Å². The predicted octanol–water partition coefficient (Wildman–Crippen LogP) is 2.17. The smallest absolute Gasteiger partial charge is 0.144 e. The maximum Gasteiger partial charge on any atom is 0.144 e. The maximum atomic E-state index is 9.01. The fourth-order valence-corrected chi connectivity index (χ4v) is 1.94. The highest BCUT2D eigenvalue weighted by Gasteiger charge is 2.13. The third-order valence-corrected chi connectivity index (χ3v) is 2.80. The van der Waals surface area contributed by atoms with Crippen LogP contribution in [0, 0.1) is 18.3 Å². The van der Waals surface area contributed by atoms with Gasteiger partial charge in [0.25, 0.3) is 0 Å². The van der Waals surface area contributed by atoms with Gasteiger partial charge in [-0.05, 0) is 26.0 Å². The van der Waals surface area contributed by atoms with Crippen LogP contribution in [0.15, 0.2) is 24.5 Å². The molecule has 0 amide bonds. The minimum Gasteiger partial charge on any atom is -0.362 e. The molecule has 0 unspecified atom stereocenters. The molecule has 2 heterocycles. The summed E-state index contributed by atoms with van der Waals surface area (Å²) in [5, 5.41) is 16.6. The maximum absolute atomic E-state index is 9.01. The third-order valence-electron chi connectivity index (χ3n) is 2.80. The molecule has 5 heteroatoms. The molecule has 0 aliphatic rings. The second-order valence-electron chi connectivity index (χ2n) is 4.22. The number of anilines is 1. The van der Waals surface area contributed by atoms with E-state index in [-0.39, 0.29) is 6.04 Å². The molecule has 0 fully saturated rings. The molecule has 1 N–H and O–H groups in total. The lowest BCUT2D eigenvalue weighted by atomic mass is 10.1. The molecule has 18 heavy (non-hydrogen) atoms. The Balaban J connectivity index is 2.24. The Labute approximate surface area is 106 Å². The summed E-state index contributed by atoms with van der Waals surface area (Å²) in [6.45, 7) is 4.00. The Morgan fingerprint density at radius 2 is 2.28 bits per heavy atom. The molecule has 0 aliphatic heterocycles. The van der Waals surface area contributed by atoms with Gasteiger partial charge < -0.3 is 5.32 Å². The molecule has 2 rings (SSSR count). The highest BCUT2D eigenvalue weighted by atomic mass is 15.3. The van der Waals surface area contributed by atoms with Crippen molar-refractivity contribution in [2.75, 3.05) is 5.32 Å². The molecule has 2 aromatic rings. The number of hydrogen-bond acceptors (Lipinski definition) is 4. The van der Waals surface area contributed by atoms with Crippen LogP contribution in [0.4, 0.5) is 5.82 Å². The zero-order chi connectivity index (χ0) is 13.1. The number of aromatic nitrogens is 3. The summed E-state index contributed by atoms with van der Waals surface area (Å²) in [5.74, 6) is 0.607. The van der Waals surface area contributed by atoms with Crippen molar-refractivity contribution in [2.45, 2.75) is 19.9 Å². The van der Waals surface area contributed by atoms with Gasteiger partial charge in [0.15, 0.2) is 0 Å². The molecule has 92 valence electrons. The van der Waals surface area contributed by atoms with Crippen molar-refractivity contribution in [2.24, 2.45) is 7.05 Å². The largest absolute Gasteiger partial charge is 0.362 e. The fraction of sp³-hybridized carbons (Fsp3) is 0.308. The van der Waals surface area contributed by atoms with Gasteiger partial charge in [-0.15, -0.1) is 0 Å². The Bertz CT molecular complexity index is 594. The van der Waals surface area contributed by atoms with E-state index < -0.39 is 0 Å². The average molecular weight is 241 g/mol. The SMILES string of the molecule is Cc1nn(C)cc1[C@@H](C)Nc1ncccc1C#N. The lowest BCUT2D eigenvalue weighted by molar-refractivity contribution is 0.756. The summed E-state index contributed by atoms with van der Waals surface area (Å²) < 4.78 is 1.78. The van der Waals surface area contributed by atoms with Crippen LogP contribution in [0.25, 0.3) is 0 Å². The number of aryl methyl sites for hydroxylation is 2. The lowest BCUT2D eigenvalue weighted by Gasteiger charge is -2.14. The van der Waals surface area contributed by atoms with E-state index in [9.17, 15) is 0 Å². The zero-order valence-electron chi connectivity index (χ0n) is 10.7. The number of nitrogens with one attached hydrogen (secondary N) is 1. The molecule has 0 aliphatic carbocycles. The molecule has 0 radical (unpaired) electrons. The van der Waals surface area contributed by atoms with Crippen LogP contribution in [0.1, 0.15) is 29.8 Å². The molecular weight excluding hydrogens is 226 g/mol. The first-order valence-electron chi connectivity index (χ1n) is 5.73. The van der Waals surface area contributed by atoms with Crippen molar-refractivity contribution in [3.63, 3.8) is 0 Å². The Morgan fingerprint density at radius 3 is 2.89 bits per heavy atom. The van der Waals surface area contributed by atoms with Gasteiger partial charge in [-0.2, -0.15) is 10.4 Å². The molecule has 0 saturated carbocycles. The highest BCUT2D eigenvalue weighted by Crippen LogP contribution is 2.21. The van der Waals surface area contributed by atoms with E-state index in [0.717, 1.165) is 11.3 Å². The quantitative estimate of drug-likeness (QED) is 0.894. The van der Waals surface area contributed by atoms with Gasteiger partial charge in [0.05, 0.1) is 17.3 Å². The van der Waals surface area contributed by atoms with Crippen molar-refractivity contribution in [1.82, 2.24) is 14.8 Å². The van der Waals surface area contributed by atoms with Crippen LogP contribution in [0.5, 0.6) is 0 Å². The third kappa shape index (κ3) is 2.33. The van der Waals surface area contributed by atoms with E-state index in [1.165, 1.54) is 0 Å². The van der Waals surface area contributed by atoms with Crippen molar-refractivity contribution in [1.29, 1.82) is 5.26 Å². The normalized spacial score (nSPS) is 11.9. The summed E-state index contributed by atoms with van der Waals surface area (Å²) in [6.07, 6.45) is 3.65. The minimum atomic E-state index is 0.0562. The summed E-state index contributed by atoms with van der Waals surface area (Å²) in [7, 11) is 1.89. The van der Waals surface area contributed by atoms with Crippen LogP contribution in [-0.4, -0.2) is 14.8 Å². The summed E-state index contributed by atoms with van der Waals surface area (Å²) in [6, 6.07) is 5.68. The highest BCUT2D eigenvalue weighted by molar-refractivity contribution is 5.52. The molecule has 0 saturated heterocycles. The zero-order valence-corrected chi connectivity index (χ0v) is 10.7. The van der Waals surface area contributed by atoms with Gasteiger partial charge in [0, 0.05) is 25.0 Å². The lowest BCUT2D eigenvalue weighted by Crippen LogP contribution is -2.09.